The van der Waals surface area contributed by atoms with E-state index >= 15 is 0 Å². The van der Waals surface area contributed by atoms with Crippen LogP contribution >= 0.6 is 0 Å². The molecule has 2 aromatic heterocycles. The van der Waals surface area contributed by atoms with Crippen LogP contribution in [0, 0.1) is 0 Å². The first-order valence-electron chi connectivity index (χ1n) is 7.56. The summed E-state index contributed by atoms with van der Waals surface area (Å²) in [6.07, 6.45) is -1.65. The normalized spacial score (nSPS) is 11.6. The molecular formula is C16H14F2N6O2S. The molecule has 1 aromatic carbocycles. The first-order valence-corrected chi connectivity index (χ1v) is 9.46. The lowest BCUT2D eigenvalue weighted by molar-refractivity contribution is 0.146. The van der Waals surface area contributed by atoms with Gasteiger partial charge in [-0.2, -0.15) is 15.0 Å². The van der Waals surface area contributed by atoms with Crippen molar-refractivity contribution in [2.75, 3.05) is 17.3 Å². The Morgan fingerprint density at radius 2 is 1.78 bits per heavy atom. The molecule has 11 heteroatoms. The highest BCUT2D eigenvalue weighted by Crippen LogP contribution is 2.22. The molecule has 3 N–H and O–H groups in total. The number of halogens is 2. The molecule has 0 spiro atoms. The van der Waals surface area contributed by atoms with Gasteiger partial charge in [0.2, 0.25) is 11.9 Å². The minimum absolute atomic E-state index is 0.00627. The van der Waals surface area contributed by atoms with Gasteiger partial charge in [0, 0.05) is 11.9 Å². The molecule has 0 radical (unpaired) electrons. The van der Waals surface area contributed by atoms with Crippen LogP contribution in [0.5, 0.6) is 0 Å². The molecule has 0 amide bonds. The molecule has 0 saturated carbocycles. The van der Waals surface area contributed by atoms with Crippen molar-refractivity contribution in [3.05, 3.63) is 48.2 Å². The number of nitrogens with zero attached hydrogens (tertiary/aromatic N) is 4. The van der Waals surface area contributed by atoms with Crippen molar-refractivity contribution in [3.63, 3.8) is 0 Å². The molecule has 3 aromatic rings. The van der Waals surface area contributed by atoms with Crippen LogP contribution in [0.1, 0.15) is 12.1 Å². The van der Waals surface area contributed by atoms with Crippen LogP contribution in [-0.2, 0) is 9.84 Å². The van der Waals surface area contributed by atoms with E-state index in [0.717, 1.165) is 6.26 Å². The van der Waals surface area contributed by atoms with Crippen molar-refractivity contribution < 1.29 is 17.2 Å². The second-order valence-corrected chi connectivity index (χ2v) is 7.53. The number of alkyl halides is 2. The average Bonchev–Trinajstić information content (AvgIpc) is 2.61. The summed E-state index contributed by atoms with van der Waals surface area (Å²) in [6, 6.07) is 10.1. The second kappa shape index (κ2) is 7.19. The fraction of sp³-hybridized carbons (Fsp3) is 0.125. The van der Waals surface area contributed by atoms with Gasteiger partial charge in [-0.15, -0.1) is 0 Å². The van der Waals surface area contributed by atoms with Gasteiger partial charge in [0.05, 0.1) is 4.90 Å². The minimum Gasteiger partial charge on any atom is -0.368 e. The molecule has 27 heavy (non-hydrogen) atoms. The highest BCUT2D eigenvalue weighted by Gasteiger charge is 2.14. The Morgan fingerprint density at radius 1 is 1.04 bits per heavy atom. The van der Waals surface area contributed by atoms with Gasteiger partial charge in [0.1, 0.15) is 11.4 Å². The zero-order valence-electron chi connectivity index (χ0n) is 14.0. The number of hydrogen-bond acceptors (Lipinski definition) is 8. The molecule has 0 bridgehead atoms. The largest absolute Gasteiger partial charge is 0.368 e. The summed E-state index contributed by atoms with van der Waals surface area (Å²) in [4.78, 5) is 15.9. The number of benzene rings is 1. The Kier molecular flexibility index (Phi) is 4.95. The van der Waals surface area contributed by atoms with Crippen LogP contribution in [-0.4, -0.2) is 34.6 Å². The summed E-state index contributed by atoms with van der Waals surface area (Å²) in [6.45, 7) is 0. The van der Waals surface area contributed by atoms with Crippen LogP contribution in [0.15, 0.2) is 47.4 Å². The number of aromatic nitrogens is 4. The Hall–Kier alpha value is -3.21. The van der Waals surface area contributed by atoms with Crippen LogP contribution in [0.25, 0.3) is 11.5 Å². The highest BCUT2D eigenvalue weighted by molar-refractivity contribution is 7.90. The zero-order chi connectivity index (χ0) is 19.6. The molecule has 2 heterocycles. The summed E-state index contributed by atoms with van der Waals surface area (Å²) in [7, 11) is -3.39. The highest BCUT2D eigenvalue weighted by atomic mass is 32.2. The van der Waals surface area contributed by atoms with Crippen LogP contribution in [0.2, 0.25) is 0 Å². The van der Waals surface area contributed by atoms with E-state index in [1.54, 1.807) is 12.1 Å². The fourth-order valence-electron chi connectivity index (χ4n) is 2.19. The Bertz CT molecular complexity index is 1090. The Balaban J connectivity index is 1.96. The van der Waals surface area contributed by atoms with Gasteiger partial charge in [0.15, 0.2) is 15.7 Å². The molecule has 3 rings (SSSR count). The first kappa shape index (κ1) is 18.6. The van der Waals surface area contributed by atoms with E-state index in [1.807, 2.05) is 0 Å². The van der Waals surface area contributed by atoms with Crippen molar-refractivity contribution in [3.8, 4) is 11.5 Å². The molecule has 0 aliphatic rings. The average molecular weight is 392 g/mol. The third-order valence-corrected chi connectivity index (χ3v) is 4.50. The Labute approximate surface area is 153 Å². The number of pyridine rings is 1. The lowest BCUT2D eigenvalue weighted by atomic mass is 10.3. The van der Waals surface area contributed by atoms with Crippen LogP contribution < -0.4 is 11.1 Å². The van der Waals surface area contributed by atoms with Crippen LogP contribution in [0.3, 0.4) is 0 Å². The first-order chi connectivity index (χ1) is 12.7. The molecule has 140 valence electrons. The summed E-state index contributed by atoms with van der Waals surface area (Å²) in [5, 5.41) is 2.82. The summed E-state index contributed by atoms with van der Waals surface area (Å²) in [5.41, 5.74) is 5.77. The zero-order valence-corrected chi connectivity index (χ0v) is 14.8. The predicted molar refractivity (Wildman–Crippen MR) is 95.3 cm³/mol. The number of nitrogens with one attached hydrogen (secondary N) is 1. The van der Waals surface area contributed by atoms with Gasteiger partial charge in [0.25, 0.3) is 6.43 Å². The van der Waals surface area contributed by atoms with Crippen molar-refractivity contribution in [1.82, 2.24) is 19.9 Å². The molecule has 8 nitrogen and oxygen atoms in total. The lowest BCUT2D eigenvalue weighted by Crippen LogP contribution is -2.06. The van der Waals surface area contributed by atoms with Crippen molar-refractivity contribution in [2.24, 2.45) is 0 Å². The topological polar surface area (TPSA) is 124 Å². The number of nitrogens with two attached hydrogens (primary N) is 1. The maximum Gasteiger partial charge on any atom is 0.280 e. The van der Waals surface area contributed by atoms with Gasteiger partial charge in [-0.3, -0.25) is 0 Å². The molecule has 0 aliphatic heterocycles. The number of hydrogen-bond donors (Lipinski definition) is 2. The van der Waals surface area contributed by atoms with E-state index in [0.29, 0.717) is 5.69 Å². The van der Waals surface area contributed by atoms with E-state index in [4.69, 9.17) is 5.73 Å². The minimum atomic E-state index is -3.39. The van der Waals surface area contributed by atoms with Gasteiger partial charge in [-0.1, -0.05) is 12.1 Å². The van der Waals surface area contributed by atoms with E-state index in [1.165, 1.54) is 30.3 Å². The second-order valence-electron chi connectivity index (χ2n) is 5.51. The molecule has 0 aliphatic carbocycles. The van der Waals surface area contributed by atoms with Gasteiger partial charge in [-0.05, 0) is 30.3 Å². The lowest BCUT2D eigenvalue weighted by Gasteiger charge is -2.09. The van der Waals surface area contributed by atoms with Crippen molar-refractivity contribution in [1.29, 1.82) is 0 Å². The van der Waals surface area contributed by atoms with E-state index in [-0.39, 0.29) is 28.3 Å². The third-order valence-electron chi connectivity index (χ3n) is 3.39. The number of rotatable bonds is 5. The van der Waals surface area contributed by atoms with Crippen molar-refractivity contribution >= 4 is 27.4 Å². The van der Waals surface area contributed by atoms with E-state index in [9.17, 15) is 17.2 Å². The number of nitrogen functional groups attached to an aromatic ring is 1. The monoisotopic (exact) mass is 392 g/mol. The summed E-state index contributed by atoms with van der Waals surface area (Å²) in [5.74, 6) is -0.120. The van der Waals surface area contributed by atoms with Gasteiger partial charge < -0.3 is 11.1 Å². The summed E-state index contributed by atoms with van der Waals surface area (Å²) >= 11 is 0. The fourth-order valence-corrected chi connectivity index (χ4v) is 2.86. The van der Waals surface area contributed by atoms with Crippen LogP contribution in [0.4, 0.5) is 26.4 Å². The smallest absolute Gasteiger partial charge is 0.280 e. The quantitative estimate of drug-likeness (QED) is 0.679. The SMILES string of the molecule is CS(=O)(=O)c1cccc(Nc2nc(N)nc(-c3cccc(C(F)F)n3)n2)c1. The third kappa shape index (κ3) is 4.50. The van der Waals surface area contributed by atoms with E-state index < -0.39 is 22.0 Å². The molecule has 0 fully saturated rings. The number of anilines is 3. The molecule has 0 saturated heterocycles. The number of sulfone groups is 1. The molecule has 0 atom stereocenters. The maximum atomic E-state index is 12.8. The standard InChI is InChI=1S/C16H14F2N6O2S/c1-27(25,26)10-5-2-4-9(8-10)20-16-23-14(22-15(19)24-16)12-7-3-6-11(21-12)13(17)18/h2-8,13H,1H3,(H3,19,20,22,23,24). The van der Waals surface area contributed by atoms with E-state index in [2.05, 4.69) is 25.3 Å². The summed E-state index contributed by atoms with van der Waals surface area (Å²) < 4.78 is 49.0. The maximum absolute atomic E-state index is 12.8. The van der Waals surface area contributed by atoms with Crippen molar-refractivity contribution in [2.45, 2.75) is 11.3 Å². The molecular weight excluding hydrogens is 378 g/mol. The Morgan fingerprint density at radius 3 is 2.48 bits per heavy atom. The van der Waals surface area contributed by atoms with Gasteiger partial charge >= 0.3 is 0 Å². The predicted octanol–water partition coefficient (Wildman–Crippen LogP) is 2.60. The van der Waals surface area contributed by atoms with Gasteiger partial charge in [-0.25, -0.2) is 22.2 Å². The molecule has 0 unspecified atom stereocenters.